The molecule has 0 N–H and O–H groups in total. The molecular weight excluding hydrogens is 463 g/mol. The van der Waals surface area contributed by atoms with Crippen molar-refractivity contribution in [1.29, 1.82) is 0 Å². The Balaban J connectivity index is 2.51. The zero-order valence-corrected chi connectivity index (χ0v) is 16.5. The third-order valence-corrected chi connectivity index (χ3v) is 4.85. The Bertz CT molecular complexity index is 1020. The number of halogens is 7. The van der Waals surface area contributed by atoms with Crippen LogP contribution in [-0.2, 0) is 16.6 Å². The second kappa shape index (κ2) is 8.36. The number of sulfonamides is 1. The van der Waals surface area contributed by atoms with Crippen LogP contribution in [0, 0.1) is 0 Å². The summed E-state index contributed by atoms with van der Waals surface area (Å²) >= 11 is 0. The van der Waals surface area contributed by atoms with Crippen molar-refractivity contribution in [3.8, 4) is 11.5 Å². The first kappa shape index (κ1) is 24.4. The monoisotopic (exact) mass is 477 g/mol. The van der Waals surface area contributed by atoms with Crippen LogP contribution in [0.2, 0.25) is 0 Å². The van der Waals surface area contributed by atoms with Gasteiger partial charge < -0.3 is 9.47 Å². The van der Waals surface area contributed by atoms with Crippen molar-refractivity contribution >= 4 is 15.7 Å². The molecule has 0 amide bonds. The van der Waals surface area contributed by atoms with Gasteiger partial charge in [-0.15, -0.1) is 0 Å². The van der Waals surface area contributed by atoms with Crippen molar-refractivity contribution in [2.24, 2.45) is 0 Å². The Morgan fingerprint density at radius 1 is 1.03 bits per heavy atom. The van der Waals surface area contributed by atoms with Crippen molar-refractivity contribution in [3.05, 3.63) is 42.5 Å². The molecule has 0 aliphatic heterocycles. The SMILES string of the molecule is COc1ccc(OC(F)(F)C(F)(F)C(F)(F)F)cc1N(Cc1cncnc1)S(C)(=O)=O. The number of methoxy groups -OCH3 is 1. The molecule has 0 saturated heterocycles. The molecule has 0 fully saturated rings. The molecule has 1 heterocycles. The van der Waals surface area contributed by atoms with Gasteiger partial charge in [-0.05, 0) is 12.1 Å². The van der Waals surface area contributed by atoms with Gasteiger partial charge in [0.1, 0.15) is 17.8 Å². The van der Waals surface area contributed by atoms with Gasteiger partial charge in [0, 0.05) is 24.0 Å². The smallest absolute Gasteiger partial charge is 0.474 e. The second-order valence-electron chi connectivity index (χ2n) is 6.04. The summed E-state index contributed by atoms with van der Waals surface area (Å²) in [6.07, 6.45) is -8.19. The Morgan fingerprint density at radius 3 is 2.10 bits per heavy atom. The maximum absolute atomic E-state index is 13.6. The molecule has 0 saturated carbocycles. The van der Waals surface area contributed by atoms with Gasteiger partial charge in [-0.25, -0.2) is 18.4 Å². The minimum Gasteiger partial charge on any atom is -0.495 e. The number of rotatable bonds is 8. The van der Waals surface area contributed by atoms with Crippen molar-refractivity contribution in [2.75, 3.05) is 17.7 Å². The summed E-state index contributed by atoms with van der Waals surface area (Å²) in [4.78, 5) is 7.39. The van der Waals surface area contributed by atoms with E-state index in [0.29, 0.717) is 16.4 Å². The van der Waals surface area contributed by atoms with Crippen molar-refractivity contribution in [3.63, 3.8) is 0 Å². The lowest BCUT2D eigenvalue weighted by molar-refractivity contribution is -0.402. The van der Waals surface area contributed by atoms with Crippen LogP contribution >= 0.6 is 0 Å². The van der Waals surface area contributed by atoms with Crippen molar-refractivity contribution in [2.45, 2.75) is 24.8 Å². The molecule has 0 aliphatic rings. The average molecular weight is 477 g/mol. The van der Waals surface area contributed by atoms with Gasteiger partial charge in [-0.3, -0.25) is 4.31 Å². The minimum atomic E-state index is -6.60. The van der Waals surface area contributed by atoms with Gasteiger partial charge in [-0.1, -0.05) is 0 Å². The van der Waals surface area contributed by atoms with E-state index in [1.54, 1.807) is 0 Å². The predicted octanol–water partition coefficient (Wildman–Crippen LogP) is 3.62. The molecule has 2 rings (SSSR count). The number of hydrogen-bond acceptors (Lipinski definition) is 6. The predicted molar refractivity (Wildman–Crippen MR) is 92.6 cm³/mol. The molecule has 7 nitrogen and oxygen atoms in total. The molecule has 0 radical (unpaired) electrons. The topological polar surface area (TPSA) is 81.6 Å². The first-order chi connectivity index (χ1) is 14.1. The molecule has 0 aliphatic carbocycles. The maximum atomic E-state index is 13.6. The molecule has 2 aromatic rings. The van der Waals surface area contributed by atoms with Crippen LogP contribution in [-0.4, -0.2) is 50.0 Å². The summed E-state index contributed by atoms with van der Waals surface area (Å²) in [5.74, 6) is -7.90. The van der Waals surface area contributed by atoms with Crippen LogP contribution in [0.5, 0.6) is 11.5 Å². The Morgan fingerprint density at radius 2 is 1.61 bits per heavy atom. The van der Waals surface area contributed by atoms with E-state index in [1.165, 1.54) is 12.4 Å². The molecule has 172 valence electrons. The summed E-state index contributed by atoms with van der Waals surface area (Å²) in [7, 11) is -3.04. The summed E-state index contributed by atoms with van der Waals surface area (Å²) < 4.78 is 124. The first-order valence-corrected chi connectivity index (χ1v) is 9.86. The highest BCUT2D eigenvalue weighted by atomic mass is 32.2. The van der Waals surface area contributed by atoms with E-state index in [2.05, 4.69) is 14.7 Å². The fourth-order valence-electron chi connectivity index (χ4n) is 2.26. The molecule has 1 aromatic heterocycles. The van der Waals surface area contributed by atoms with Gasteiger partial charge in [-0.2, -0.15) is 30.7 Å². The summed E-state index contributed by atoms with van der Waals surface area (Å²) in [5, 5.41) is 0. The van der Waals surface area contributed by atoms with Gasteiger partial charge in [0.05, 0.1) is 25.6 Å². The standard InChI is InChI=1S/C16H14F7N3O4S/c1-29-13-4-3-11(30-16(22,23)14(17,18)15(19,20)21)5-12(13)26(31(2,27)28)8-10-6-24-9-25-7-10/h3-7,9H,8H2,1-2H3. The molecule has 0 atom stereocenters. The fourth-order valence-corrected chi connectivity index (χ4v) is 3.15. The molecule has 0 unspecified atom stereocenters. The molecule has 0 bridgehead atoms. The van der Waals surface area contributed by atoms with E-state index in [-0.39, 0.29) is 11.3 Å². The van der Waals surface area contributed by atoms with Crippen LogP contribution in [0.4, 0.5) is 36.4 Å². The highest BCUT2D eigenvalue weighted by Gasteiger charge is 2.75. The molecule has 1 aromatic carbocycles. The van der Waals surface area contributed by atoms with E-state index in [4.69, 9.17) is 4.74 Å². The van der Waals surface area contributed by atoms with Gasteiger partial charge in [0.25, 0.3) is 0 Å². The van der Waals surface area contributed by atoms with Crippen LogP contribution in [0.3, 0.4) is 0 Å². The molecular formula is C16H14F7N3O4S. The van der Waals surface area contributed by atoms with Crippen molar-refractivity contribution in [1.82, 2.24) is 9.97 Å². The maximum Gasteiger partial charge on any atom is 0.474 e. The van der Waals surface area contributed by atoms with E-state index in [0.717, 1.165) is 25.8 Å². The number of benzene rings is 1. The average Bonchev–Trinajstić information content (AvgIpc) is 2.64. The second-order valence-corrected chi connectivity index (χ2v) is 7.95. The molecule has 0 spiro atoms. The fraction of sp³-hybridized carbons (Fsp3) is 0.375. The Hall–Kier alpha value is -2.84. The number of hydrogen-bond donors (Lipinski definition) is 0. The highest BCUT2D eigenvalue weighted by Crippen LogP contribution is 2.48. The third-order valence-electron chi connectivity index (χ3n) is 3.73. The zero-order chi connectivity index (χ0) is 23.7. The van der Waals surface area contributed by atoms with Gasteiger partial charge in [0.2, 0.25) is 10.0 Å². The van der Waals surface area contributed by atoms with Gasteiger partial charge in [0.15, 0.2) is 0 Å². The van der Waals surface area contributed by atoms with Crippen LogP contribution in [0.25, 0.3) is 0 Å². The minimum absolute atomic E-state index is 0.222. The van der Waals surface area contributed by atoms with Crippen LogP contribution < -0.4 is 13.8 Å². The van der Waals surface area contributed by atoms with E-state index in [9.17, 15) is 39.2 Å². The van der Waals surface area contributed by atoms with E-state index in [1.807, 2.05) is 0 Å². The highest BCUT2D eigenvalue weighted by molar-refractivity contribution is 7.92. The Labute approximate surface area is 171 Å². The number of nitrogens with zero attached hydrogens (tertiary/aromatic N) is 3. The normalized spacial score (nSPS) is 13.1. The number of anilines is 1. The molecule has 31 heavy (non-hydrogen) atoms. The lowest BCUT2D eigenvalue weighted by atomic mass is 10.2. The van der Waals surface area contributed by atoms with Crippen molar-refractivity contribution < 1.29 is 48.6 Å². The summed E-state index contributed by atoms with van der Waals surface area (Å²) in [5.41, 5.74) is -0.215. The lowest BCUT2D eigenvalue weighted by Crippen LogP contribution is -2.55. The summed E-state index contributed by atoms with van der Waals surface area (Å²) in [6.45, 7) is -0.436. The lowest BCUT2D eigenvalue weighted by Gasteiger charge is -2.29. The third kappa shape index (κ3) is 5.26. The first-order valence-electron chi connectivity index (χ1n) is 8.01. The van der Waals surface area contributed by atoms with Crippen LogP contribution in [0.15, 0.2) is 36.9 Å². The zero-order valence-electron chi connectivity index (χ0n) is 15.7. The van der Waals surface area contributed by atoms with E-state index < -0.39 is 46.2 Å². The number of ether oxygens (including phenoxy) is 2. The largest absolute Gasteiger partial charge is 0.495 e. The Kier molecular flexibility index (Phi) is 6.59. The molecule has 15 heteroatoms. The van der Waals surface area contributed by atoms with Gasteiger partial charge >= 0.3 is 18.2 Å². The number of aromatic nitrogens is 2. The van der Waals surface area contributed by atoms with Crippen LogP contribution in [0.1, 0.15) is 5.56 Å². The number of alkyl halides is 7. The quantitative estimate of drug-likeness (QED) is 0.541. The summed E-state index contributed by atoms with van der Waals surface area (Å²) in [6, 6.07) is 2.02. The van der Waals surface area contributed by atoms with E-state index >= 15 is 0 Å².